The summed E-state index contributed by atoms with van der Waals surface area (Å²) >= 11 is 5.28. The van der Waals surface area contributed by atoms with Gasteiger partial charge >= 0.3 is 0 Å². The molecule has 1 saturated heterocycles. The highest BCUT2D eigenvalue weighted by Gasteiger charge is 2.23. The number of nitrogens with zero attached hydrogens (tertiary/aromatic N) is 4. The van der Waals surface area contributed by atoms with Crippen LogP contribution >= 0.6 is 12.2 Å². The van der Waals surface area contributed by atoms with E-state index in [0.717, 1.165) is 36.9 Å². The average Bonchev–Trinajstić information content (AvgIpc) is 2.75. The molecule has 1 aromatic carbocycles. The van der Waals surface area contributed by atoms with Crippen molar-refractivity contribution in [3.8, 4) is 11.6 Å². The SMILES string of the molecule is Cc1ccc(-n2c(O)c(C=NN3CCCC[C@@H]3c3cccnc3)c(=O)[nH]c2=S)cc1. The highest BCUT2D eigenvalue weighted by Crippen LogP contribution is 2.30. The summed E-state index contributed by atoms with van der Waals surface area (Å²) < 4.78 is 1.57. The van der Waals surface area contributed by atoms with Gasteiger partial charge in [-0.2, -0.15) is 5.10 Å². The Hall–Kier alpha value is -3.26. The number of hydrogen-bond acceptors (Lipinski definition) is 6. The molecule has 0 bridgehead atoms. The predicted molar refractivity (Wildman–Crippen MR) is 119 cm³/mol. The van der Waals surface area contributed by atoms with E-state index < -0.39 is 5.56 Å². The lowest BCUT2D eigenvalue weighted by Gasteiger charge is -2.33. The van der Waals surface area contributed by atoms with Gasteiger partial charge < -0.3 is 5.11 Å². The van der Waals surface area contributed by atoms with Gasteiger partial charge in [0.05, 0.1) is 17.9 Å². The van der Waals surface area contributed by atoms with Crippen molar-refractivity contribution < 1.29 is 5.11 Å². The number of hydrogen-bond donors (Lipinski definition) is 2. The average molecular weight is 422 g/mol. The number of hydrazone groups is 1. The number of aromatic nitrogens is 3. The van der Waals surface area contributed by atoms with E-state index in [2.05, 4.69) is 15.1 Å². The highest BCUT2D eigenvalue weighted by atomic mass is 32.1. The van der Waals surface area contributed by atoms with E-state index >= 15 is 0 Å². The van der Waals surface area contributed by atoms with E-state index in [4.69, 9.17) is 12.2 Å². The molecule has 0 aliphatic carbocycles. The molecule has 0 saturated carbocycles. The number of aryl methyl sites for hydroxylation is 1. The molecule has 154 valence electrons. The lowest BCUT2D eigenvalue weighted by molar-refractivity contribution is 0.156. The van der Waals surface area contributed by atoms with Gasteiger partial charge in [0.15, 0.2) is 4.77 Å². The molecule has 1 aliphatic heterocycles. The van der Waals surface area contributed by atoms with Gasteiger partial charge in [-0.15, -0.1) is 0 Å². The van der Waals surface area contributed by atoms with E-state index in [1.807, 2.05) is 54.5 Å². The molecule has 4 rings (SSSR count). The van der Waals surface area contributed by atoms with Crippen molar-refractivity contribution in [1.82, 2.24) is 19.5 Å². The van der Waals surface area contributed by atoms with Crippen molar-refractivity contribution in [1.29, 1.82) is 0 Å². The second-order valence-corrected chi connectivity index (χ2v) is 7.76. The van der Waals surface area contributed by atoms with Crippen molar-refractivity contribution in [2.24, 2.45) is 5.10 Å². The first-order valence-corrected chi connectivity index (χ1v) is 10.3. The summed E-state index contributed by atoms with van der Waals surface area (Å²) in [4.78, 5) is 19.4. The molecule has 1 aliphatic rings. The number of benzene rings is 1. The number of rotatable bonds is 4. The molecule has 0 amide bonds. The van der Waals surface area contributed by atoms with Crippen molar-refractivity contribution in [3.63, 3.8) is 0 Å². The molecule has 2 aromatic heterocycles. The van der Waals surface area contributed by atoms with Gasteiger partial charge in [0.2, 0.25) is 5.88 Å². The number of aromatic hydroxyl groups is 1. The van der Waals surface area contributed by atoms with E-state index in [1.165, 1.54) is 10.8 Å². The minimum absolute atomic E-state index is 0.0692. The molecule has 3 aromatic rings. The van der Waals surface area contributed by atoms with Crippen molar-refractivity contribution in [3.05, 3.63) is 80.6 Å². The second kappa shape index (κ2) is 8.62. The molecule has 30 heavy (non-hydrogen) atoms. The van der Waals surface area contributed by atoms with Crippen LogP contribution in [0.15, 0.2) is 58.7 Å². The fourth-order valence-electron chi connectivity index (χ4n) is 3.69. The zero-order valence-corrected chi connectivity index (χ0v) is 17.5. The van der Waals surface area contributed by atoms with Crippen LogP contribution in [0.25, 0.3) is 5.69 Å². The Morgan fingerprint density at radius 2 is 2.07 bits per heavy atom. The molecule has 2 N–H and O–H groups in total. The Balaban J connectivity index is 1.71. The van der Waals surface area contributed by atoms with Gasteiger partial charge in [0.25, 0.3) is 5.56 Å². The molecular weight excluding hydrogens is 398 g/mol. The molecular formula is C22H23N5O2S. The molecule has 1 atom stereocenters. The third-order valence-corrected chi connectivity index (χ3v) is 5.58. The van der Waals surface area contributed by atoms with E-state index in [1.54, 1.807) is 6.20 Å². The largest absolute Gasteiger partial charge is 0.494 e. The molecule has 0 radical (unpaired) electrons. The molecule has 7 nitrogen and oxygen atoms in total. The summed E-state index contributed by atoms with van der Waals surface area (Å²) in [5.41, 5.74) is 2.44. The van der Waals surface area contributed by atoms with Crippen LogP contribution in [-0.4, -0.2) is 37.4 Å². The molecule has 3 heterocycles. The molecule has 0 spiro atoms. The first kappa shape index (κ1) is 20.0. The number of pyridine rings is 1. The first-order chi connectivity index (χ1) is 14.5. The number of piperidine rings is 1. The summed E-state index contributed by atoms with van der Waals surface area (Å²) in [6.45, 7) is 2.75. The van der Waals surface area contributed by atoms with E-state index in [0.29, 0.717) is 5.69 Å². The smallest absolute Gasteiger partial charge is 0.264 e. The van der Waals surface area contributed by atoms with Gasteiger partial charge in [-0.05, 0) is 62.2 Å². The van der Waals surface area contributed by atoms with Crippen molar-refractivity contribution in [2.75, 3.05) is 6.54 Å². The monoisotopic (exact) mass is 421 g/mol. The first-order valence-electron chi connectivity index (χ1n) is 9.90. The summed E-state index contributed by atoms with van der Waals surface area (Å²) in [7, 11) is 0. The fraction of sp³-hybridized carbons (Fsp3) is 0.273. The Morgan fingerprint density at radius 1 is 1.27 bits per heavy atom. The van der Waals surface area contributed by atoms with E-state index in [-0.39, 0.29) is 22.3 Å². The maximum absolute atomic E-state index is 12.5. The van der Waals surface area contributed by atoms with Crippen LogP contribution in [0.1, 0.15) is 42.0 Å². The summed E-state index contributed by atoms with van der Waals surface area (Å²) in [5.74, 6) is -0.230. The Labute approximate surface area is 179 Å². The minimum Gasteiger partial charge on any atom is -0.494 e. The van der Waals surface area contributed by atoms with Crippen LogP contribution in [-0.2, 0) is 0 Å². The topological polar surface area (TPSA) is 86.5 Å². The lowest BCUT2D eigenvalue weighted by atomic mass is 9.98. The zero-order chi connectivity index (χ0) is 21.1. The number of nitrogens with one attached hydrogen (secondary N) is 1. The van der Waals surface area contributed by atoms with Crippen LogP contribution in [0, 0.1) is 11.7 Å². The Kier molecular flexibility index (Phi) is 5.76. The molecule has 1 fully saturated rings. The summed E-state index contributed by atoms with van der Waals surface area (Å²) in [6, 6.07) is 11.6. The number of H-pyrrole nitrogens is 1. The van der Waals surface area contributed by atoms with E-state index in [9.17, 15) is 9.90 Å². The van der Waals surface area contributed by atoms with Crippen LogP contribution in [0.5, 0.6) is 5.88 Å². The van der Waals surface area contributed by atoms with Crippen molar-refractivity contribution in [2.45, 2.75) is 32.2 Å². The van der Waals surface area contributed by atoms with Gasteiger partial charge in [-0.3, -0.25) is 24.3 Å². The van der Waals surface area contributed by atoms with Crippen LogP contribution in [0.3, 0.4) is 0 Å². The maximum atomic E-state index is 12.5. The summed E-state index contributed by atoms with van der Waals surface area (Å²) in [5, 5.41) is 17.4. The third-order valence-electron chi connectivity index (χ3n) is 5.29. The standard InChI is InChI=1S/C22H23N5O2S/c1-15-7-9-17(10-8-15)27-21(29)18(20(28)25-22(27)30)14-24-26-12-3-2-6-19(26)16-5-4-11-23-13-16/h4-5,7-11,13-14,19,29H,2-3,6,12H2,1H3,(H,25,28,30)/t19-/m1/s1. The van der Waals surface area contributed by atoms with Gasteiger partial charge in [0, 0.05) is 18.9 Å². The lowest BCUT2D eigenvalue weighted by Crippen LogP contribution is -2.29. The van der Waals surface area contributed by atoms with Gasteiger partial charge in [0.1, 0.15) is 5.56 Å². The predicted octanol–water partition coefficient (Wildman–Crippen LogP) is 3.87. The molecule has 8 heteroatoms. The Bertz CT molecular complexity index is 1170. The third kappa shape index (κ3) is 4.04. The van der Waals surface area contributed by atoms with Gasteiger partial charge in [-0.1, -0.05) is 23.8 Å². The Morgan fingerprint density at radius 3 is 2.80 bits per heavy atom. The summed E-state index contributed by atoms with van der Waals surface area (Å²) in [6.07, 6.45) is 8.10. The molecule has 0 unspecified atom stereocenters. The maximum Gasteiger partial charge on any atom is 0.264 e. The zero-order valence-electron chi connectivity index (χ0n) is 16.7. The van der Waals surface area contributed by atoms with Gasteiger partial charge in [-0.25, -0.2) is 0 Å². The normalized spacial score (nSPS) is 16.8. The quantitative estimate of drug-likeness (QED) is 0.493. The second-order valence-electron chi connectivity index (χ2n) is 7.37. The van der Waals surface area contributed by atoms with Crippen LogP contribution in [0.2, 0.25) is 0 Å². The highest BCUT2D eigenvalue weighted by molar-refractivity contribution is 7.71. The van der Waals surface area contributed by atoms with Crippen molar-refractivity contribution >= 4 is 18.4 Å². The number of aromatic amines is 1. The van der Waals surface area contributed by atoms with Crippen LogP contribution in [0.4, 0.5) is 0 Å². The van der Waals surface area contributed by atoms with Crippen LogP contribution < -0.4 is 5.56 Å². The fourth-order valence-corrected chi connectivity index (χ4v) is 3.97. The minimum atomic E-state index is -0.473.